The molecule has 11 heteroatoms. The minimum atomic E-state index is -4.40. The van der Waals surface area contributed by atoms with Gasteiger partial charge in [-0.2, -0.15) is 13.2 Å². The second kappa shape index (κ2) is 11.8. The molecule has 0 aliphatic carbocycles. The fourth-order valence-electron chi connectivity index (χ4n) is 1.58. The maximum absolute atomic E-state index is 12.1. The Bertz CT molecular complexity index is 580. The number of hydrogen-bond donors (Lipinski definition) is 2. The number of likely N-dealkylation sites (N-methyl/N-ethyl adjacent to an activating group) is 1. The summed E-state index contributed by atoms with van der Waals surface area (Å²) in [6.07, 6.45) is -3.01. The average molecular weight is 489 g/mol. The summed E-state index contributed by atoms with van der Waals surface area (Å²) >= 11 is 0. The molecule has 2 N–H and O–H groups in total. The molecule has 1 aromatic rings. The largest absolute Gasteiger partial charge is 0.468 e. The number of nitrogens with zero attached hydrogens (tertiary/aromatic N) is 3. The maximum atomic E-state index is 12.1. The molecule has 1 heterocycles. The molecule has 0 aliphatic heterocycles. The molecule has 0 unspecified atom stereocenters. The van der Waals surface area contributed by atoms with Crippen molar-refractivity contribution in [3.8, 4) is 5.88 Å². The third-order valence-corrected chi connectivity index (χ3v) is 2.85. The van der Waals surface area contributed by atoms with Crippen LogP contribution in [0.3, 0.4) is 0 Å². The lowest BCUT2D eigenvalue weighted by molar-refractivity contribution is -0.154. The van der Waals surface area contributed by atoms with Gasteiger partial charge >= 0.3 is 6.18 Å². The molecular formula is C15H23F3IN5O2. The number of pyridine rings is 1. The molecule has 7 nitrogen and oxygen atoms in total. The summed E-state index contributed by atoms with van der Waals surface area (Å²) in [6.45, 7) is 1.47. The highest BCUT2D eigenvalue weighted by Crippen LogP contribution is 2.17. The summed E-state index contributed by atoms with van der Waals surface area (Å²) in [5.74, 6) is 0.250. The van der Waals surface area contributed by atoms with Gasteiger partial charge in [-0.25, -0.2) is 9.98 Å². The molecule has 0 spiro atoms. The molecule has 0 fully saturated rings. The van der Waals surface area contributed by atoms with Crippen LogP contribution in [0, 0.1) is 0 Å². The Morgan fingerprint density at radius 1 is 1.31 bits per heavy atom. The van der Waals surface area contributed by atoms with Crippen molar-refractivity contribution < 1.29 is 22.7 Å². The van der Waals surface area contributed by atoms with Crippen LogP contribution >= 0.6 is 24.0 Å². The summed E-state index contributed by atoms with van der Waals surface area (Å²) in [5, 5.41) is 5.89. The standard InChI is InChI=1S/C15H22F3N5O2.HI/c1-4-19-14(22-9-13(24)23(2)3)21-8-11-5-6-12(20-7-11)25-10-15(16,17)18;/h5-7H,4,8-10H2,1-3H3,(H2,19,21,22);1H. The molecule has 1 aromatic heterocycles. The topological polar surface area (TPSA) is 78.9 Å². The van der Waals surface area contributed by atoms with Crippen molar-refractivity contribution in [1.29, 1.82) is 0 Å². The highest BCUT2D eigenvalue weighted by atomic mass is 127. The van der Waals surface area contributed by atoms with Crippen molar-refractivity contribution in [3.63, 3.8) is 0 Å². The Hall–Kier alpha value is -1.79. The van der Waals surface area contributed by atoms with E-state index in [0.717, 1.165) is 0 Å². The van der Waals surface area contributed by atoms with E-state index in [9.17, 15) is 18.0 Å². The Morgan fingerprint density at radius 2 is 2.00 bits per heavy atom. The van der Waals surface area contributed by atoms with Crippen molar-refractivity contribution in [1.82, 2.24) is 20.5 Å². The van der Waals surface area contributed by atoms with Crippen molar-refractivity contribution in [2.75, 3.05) is 33.8 Å². The van der Waals surface area contributed by atoms with Gasteiger partial charge < -0.3 is 20.3 Å². The van der Waals surface area contributed by atoms with Crippen molar-refractivity contribution in [2.24, 2.45) is 4.99 Å². The maximum Gasteiger partial charge on any atom is 0.422 e. The fourth-order valence-corrected chi connectivity index (χ4v) is 1.58. The Labute approximate surface area is 167 Å². The number of alkyl halides is 3. The number of hydrogen-bond acceptors (Lipinski definition) is 4. The number of carbonyl (C=O) groups is 1. The van der Waals surface area contributed by atoms with E-state index in [1.54, 1.807) is 20.2 Å². The van der Waals surface area contributed by atoms with Crippen molar-refractivity contribution in [2.45, 2.75) is 19.6 Å². The fraction of sp³-hybridized carbons (Fsp3) is 0.533. The van der Waals surface area contributed by atoms with Gasteiger partial charge in [-0.05, 0) is 12.5 Å². The Kier molecular flexibility index (Phi) is 10.9. The minimum Gasteiger partial charge on any atom is -0.468 e. The number of amides is 1. The van der Waals surface area contributed by atoms with Gasteiger partial charge in [0.2, 0.25) is 11.8 Å². The minimum absolute atomic E-state index is 0. The highest BCUT2D eigenvalue weighted by molar-refractivity contribution is 14.0. The van der Waals surface area contributed by atoms with E-state index in [-0.39, 0.29) is 48.9 Å². The molecule has 0 saturated heterocycles. The predicted octanol–water partition coefficient (Wildman–Crippen LogP) is 1.78. The third kappa shape index (κ3) is 10.3. The molecule has 26 heavy (non-hydrogen) atoms. The van der Waals surface area contributed by atoms with E-state index in [4.69, 9.17) is 0 Å². The van der Waals surface area contributed by atoms with Crippen LogP contribution in [0.1, 0.15) is 12.5 Å². The van der Waals surface area contributed by atoms with Crippen LogP contribution in [0.5, 0.6) is 5.88 Å². The second-order valence-electron chi connectivity index (χ2n) is 5.25. The quantitative estimate of drug-likeness (QED) is 0.347. The molecular weight excluding hydrogens is 466 g/mol. The first-order chi connectivity index (χ1) is 11.7. The zero-order valence-electron chi connectivity index (χ0n) is 14.8. The normalized spacial score (nSPS) is 11.4. The van der Waals surface area contributed by atoms with Gasteiger partial charge in [0.15, 0.2) is 12.6 Å². The van der Waals surface area contributed by atoms with E-state index in [1.165, 1.54) is 17.2 Å². The Balaban J connectivity index is 0.00000625. The average Bonchev–Trinajstić information content (AvgIpc) is 2.55. The number of aromatic nitrogens is 1. The lowest BCUT2D eigenvalue weighted by Gasteiger charge is -2.14. The molecule has 1 amide bonds. The second-order valence-corrected chi connectivity index (χ2v) is 5.25. The molecule has 0 atom stereocenters. The van der Waals surface area contributed by atoms with Crippen LogP contribution in [-0.2, 0) is 11.3 Å². The molecule has 0 aliphatic rings. The smallest absolute Gasteiger partial charge is 0.422 e. The molecule has 0 bridgehead atoms. The molecule has 148 valence electrons. The first-order valence-corrected chi connectivity index (χ1v) is 7.58. The molecule has 0 aromatic carbocycles. The van der Waals surface area contributed by atoms with Gasteiger partial charge in [-0.15, -0.1) is 24.0 Å². The van der Waals surface area contributed by atoms with Crippen LogP contribution in [0.15, 0.2) is 23.3 Å². The van der Waals surface area contributed by atoms with E-state index in [1.807, 2.05) is 6.92 Å². The van der Waals surface area contributed by atoms with Gasteiger partial charge in [0, 0.05) is 32.9 Å². The third-order valence-electron chi connectivity index (χ3n) is 2.85. The van der Waals surface area contributed by atoms with E-state index >= 15 is 0 Å². The highest BCUT2D eigenvalue weighted by Gasteiger charge is 2.28. The zero-order chi connectivity index (χ0) is 18.9. The first-order valence-electron chi connectivity index (χ1n) is 7.58. The monoisotopic (exact) mass is 489 g/mol. The van der Waals surface area contributed by atoms with Crippen molar-refractivity contribution >= 4 is 35.8 Å². The van der Waals surface area contributed by atoms with Gasteiger partial charge in [0.25, 0.3) is 0 Å². The summed E-state index contributed by atoms with van der Waals surface area (Å²) in [4.78, 5) is 21.1. The number of rotatable bonds is 7. The number of guanidine groups is 1. The van der Waals surface area contributed by atoms with Gasteiger partial charge in [-0.1, -0.05) is 6.07 Å². The van der Waals surface area contributed by atoms with E-state index < -0.39 is 12.8 Å². The number of halogens is 4. The van der Waals surface area contributed by atoms with Crippen LogP contribution in [0.4, 0.5) is 13.2 Å². The lowest BCUT2D eigenvalue weighted by Crippen LogP contribution is -2.42. The van der Waals surface area contributed by atoms with Crippen LogP contribution in [0.2, 0.25) is 0 Å². The lowest BCUT2D eigenvalue weighted by atomic mass is 10.3. The number of nitrogens with one attached hydrogen (secondary N) is 2. The predicted molar refractivity (Wildman–Crippen MR) is 103 cm³/mol. The van der Waals surface area contributed by atoms with Gasteiger partial charge in [0.05, 0.1) is 13.1 Å². The van der Waals surface area contributed by atoms with Crippen LogP contribution in [-0.4, -0.2) is 61.7 Å². The van der Waals surface area contributed by atoms with Crippen LogP contribution < -0.4 is 15.4 Å². The van der Waals surface area contributed by atoms with E-state index in [0.29, 0.717) is 18.1 Å². The van der Waals surface area contributed by atoms with Crippen LogP contribution in [0.25, 0.3) is 0 Å². The van der Waals surface area contributed by atoms with E-state index in [2.05, 4.69) is 25.3 Å². The molecule has 0 saturated carbocycles. The summed E-state index contributed by atoms with van der Waals surface area (Å²) in [5.41, 5.74) is 0.690. The Morgan fingerprint density at radius 3 is 2.50 bits per heavy atom. The zero-order valence-corrected chi connectivity index (χ0v) is 17.1. The summed E-state index contributed by atoms with van der Waals surface area (Å²) < 4.78 is 40.7. The van der Waals surface area contributed by atoms with Crippen molar-refractivity contribution in [3.05, 3.63) is 23.9 Å². The summed E-state index contributed by atoms with van der Waals surface area (Å²) in [6, 6.07) is 2.93. The number of carbonyl (C=O) groups excluding carboxylic acids is 1. The number of aliphatic imine (C=N–C) groups is 1. The molecule has 1 rings (SSSR count). The van der Waals surface area contributed by atoms with Gasteiger partial charge in [0.1, 0.15) is 0 Å². The number of ether oxygens (including phenoxy) is 1. The molecule has 0 radical (unpaired) electrons. The summed E-state index contributed by atoms with van der Waals surface area (Å²) in [7, 11) is 3.31. The first kappa shape index (κ1) is 24.2. The van der Waals surface area contributed by atoms with Gasteiger partial charge in [-0.3, -0.25) is 4.79 Å². The SMILES string of the molecule is CCNC(=NCc1ccc(OCC(F)(F)F)nc1)NCC(=O)N(C)C.I.